The lowest BCUT2D eigenvalue weighted by molar-refractivity contribution is -0.137. The standard InChI is InChI=1S/C14H16N2O4S/c1-20-9-5-6-11-10(8-9)13(19)16(14(21)15-11)7-3-2-4-12(17)18/h5-6,8H,2-4,7H2,1H3,(H,15,21)(H,17,18). The van der Waals surface area contributed by atoms with Crippen molar-refractivity contribution in [2.75, 3.05) is 7.11 Å². The van der Waals surface area contributed by atoms with Crippen LogP contribution < -0.4 is 10.3 Å². The monoisotopic (exact) mass is 308 g/mol. The van der Waals surface area contributed by atoms with Gasteiger partial charge in [-0.1, -0.05) is 0 Å². The van der Waals surface area contributed by atoms with Crippen LogP contribution in [0.15, 0.2) is 23.0 Å². The average Bonchev–Trinajstić information content (AvgIpc) is 2.45. The van der Waals surface area contributed by atoms with E-state index in [1.54, 1.807) is 18.2 Å². The van der Waals surface area contributed by atoms with Crippen molar-refractivity contribution in [2.45, 2.75) is 25.8 Å². The highest BCUT2D eigenvalue weighted by Crippen LogP contribution is 2.16. The molecule has 0 amide bonds. The second-order valence-corrected chi connectivity index (χ2v) is 5.04. The van der Waals surface area contributed by atoms with Gasteiger partial charge in [0.25, 0.3) is 5.56 Å². The summed E-state index contributed by atoms with van der Waals surface area (Å²) in [6.07, 6.45) is 1.18. The Morgan fingerprint density at radius 2 is 2.19 bits per heavy atom. The van der Waals surface area contributed by atoms with Crippen LogP contribution in [0.3, 0.4) is 0 Å². The molecule has 0 atom stereocenters. The first-order valence-corrected chi connectivity index (χ1v) is 6.96. The van der Waals surface area contributed by atoms with Crippen molar-refractivity contribution in [3.05, 3.63) is 33.3 Å². The zero-order valence-corrected chi connectivity index (χ0v) is 12.4. The summed E-state index contributed by atoms with van der Waals surface area (Å²) in [6, 6.07) is 5.17. The zero-order valence-electron chi connectivity index (χ0n) is 11.6. The van der Waals surface area contributed by atoms with Crippen LogP contribution in [-0.4, -0.2) is 27.7 Å². The molecule has 21 heavy (non-hydrogen) atoms. The van der Waals surface area contributed by atoms with Crippen molar-refractivity contribution in [1.29, 1.82) is 0 Å². The SMILES string of the molecule is COc1ccc2[nH]c(=S)n(CCCCC(=O)O)c(=O)c2c1. The van der Waals surface area contributed by atoms with Crippen LogP contribution in [0.2, 0.25) is 0 Å². The average molecular weight is 308 g/mol. The first-order valence-electron chi connectivity index (χ1n) is 6.55. The summed E-state index contributed by atoms with van der Waals surface area (Å²) in [5.41, 5.74) is 0.468. The minimum atomic E-state index is -0.837. The number of aliphatic carboxylic acids is 1. The maximum absolute atomic E-state index is 12.4. The molecular weight excluding hydrogens is 292 g/mol. The minimum Gasteiger partial charge on any atom is -0.497 e. The number of nitrogens with one attached hydrogen (secondary N) is 1. The maximum Gasteiger partial charge on any atom is 0.303 e. The lowest BCUT2D eigenvalue weighted by Crippen LogP contribution is -2.22. The number of benzene rings is 1. The molecular formula is C14H16N2O4S. The zero-order chi connectivity index (χ0) is 15.4. The minimum absolute atomic E-state index is 0.0899. The molecule has 0 unspecified atom stereocenters. The van der Waals surface area contributed by atoms with E-state index in [9.17, 15) is 9.59 Å². The van der Waals surface area contributed by atoms with E-state index in [-0.39, 0.29) is 12.0 Å². The number of carbonyl (C=O) groups is 1. The van der Waals surface area contributed by atoms with E-state index in [0.717, 1.165) is 0 Å². The fraction of sp³-hybridized carbons (Fsp3) is 0.357. The number of unbranched alkanes of at least 4 members (excludes halogenated alkanes) is 1. The summed E-state index contributed by atoms with van der Waals surface area (Å²) in [6.45, 7) is 0.397. The first kappa shape index (κ1) is 15.2. The molecule has 1 heterocycles. The van der Waals surface area contributed by atoms with Gasteiger partial charge in [0.1, 0.15) is 5.75 Å². The maximum atomic E-state index is 12.4. The molecule has 0 aliphatic heterocycles. The molecule has 2 N–H and O–H groups in total. The molecule has 0 saturated heterocycles. The summed E-state index contributed by atoms with van der Waals surface area (Å²) in [5, 5.41) is 9.11. The Balaban J connectivity index is 2.33. The molecule has 2 rings (SSSR count). The molecule has 0 bridgehead atoms. The van der Waals surface area contributed by atoms with Crippen LogP contribution >= 0.6 is 12.2 Å². The van der Waals surface area contributed by atoms with Gasteiger partial charge in [-0.15, -0.1) is 0 Å². The molecule has 112 valence electrons. The Kier molecular flexibility index (Phi) is 4.74. The van der Waals surface area contributed by atoms with E-state index in [2.05, 4.69) is 4.98 Å². The van der Waals surface area contributed by atoms with Crippen molar-refractivity contribution in [1.82, 2.24) is 9.55 Å². The number of fused-ring (bicyclic) bond motifs is 1. The van der Waals surface area contributed by atoms with Crippen molar-refractivity contribution in [3.63, 3.8) is 0 Å². The molecule has 6 nitrogen and oxygen atoms in total. The molecule has 1 aromatic carbocycles. The predicted molar refractivity (Wildman–Crippen MR) is 81.4 cm³/mol. The molecule has 0 spiro atoms. The predicted octanol–water partition coefficient (Wildman–Crippen LogP) is 2.32. The highest BCUT2D eigenvalue weighted by atomic mass is 32.1. The number of carboxylic acids is 1. The Morgan fingerprint density at radius 1 is 1.43 bits per heavy atom. The number of rotatable bonds is 6. The van der Waals surface area contributed by atoms with Gasteiger partial charge in [-0.3, -0.25) is 14.2 Å². The van der Waals surface area contributed by atoms with Crippen molar-refractivity contribution in [2.24, 2.45) is 0 Å². The third-order valence-corrected chi connectivity index (χ3v) is 3.53. The topological polar surface area (TPSA) is 84.3 Å². The van der Waals surface area contributed by atoms with Gasteiger partial charge in [0.2, 0.25) is 0 Å². The number of hydrogen-bond donors (Lipinski definition) is 2. The van der Waals surface area contributed by atoms with Gasteiger partial charge >= 0.3 is 5.97 Å². The highest BCUT2D eigenvalue weighted by molar-refractivity contribution is 7.71. The number of nitrogens with zero attached hydrogens (tertiary/aromatic N) is 1. The van der Waals surface area contributed by atoms with Gasteiger partial charge < -0.3 is 14.8 Å². The number of H-pyrrole nitrogens is 1. The number of methoxy groups -OCH3 is 1. The summed E-state index contributed by atoms with van der Waals surface area (Å²) < 4.78 is 6.92. The lowest BCUT2D eigenvalue weighted by atomic mass is 10.2. The molecule has 2 aromatic rings. The van der Waals surface area contributed by atoms with Gasteiger partial charge in [-0.05, 0) is 43.3 Å². The van der Waals surface area contributed by atoms with Gasteiger partial charge in [-0.25, -0.2) is 0 Å². The van der Waals surface area contributed by atoms with E-state index in [0.29, 0.717) is 40.8 Å². The Morgan fingerprint density at radius 3 is 2.86 bits per heavy atom. The van der Waals surface area contributed by atoms with Gasteiger partial charge in [0, 0.05) is 13.0 Å². The fourth-order valence-corrected chi connectivity index (χ4v) is 2.39. The van der Waals surface area contributed by atoms with Crippen LogP contribution in [0.25, 0.3) is 10.9 Å². The summed E-state index contributed by atoms with van der Waals surface area (Å²) >= 11 is 5.19. The highest BCUT2D eigenvalue weighted by Gasteiger charge is 2.07. The van der Waals surface area contributed by atoms with E-state index in [1.807, 2.05) is 0 Å². The van der Waals surface area contributed by atoms with Crippen molar-refractivity contribution < 1.29 is 14.6 Å². The Hall–Kier alpha value is -2.15. The van der Waals surface area contributed by atoms with Gasteiger partial charge in [0.15, 0.2) is 4.77 Å². The van der Waals surface area contributed by atoms with Crippen molar-refractivity contribution in [3.8, 4) is 5.75 Å². The third kappa shape index (κ3) is 3.49. The smallest absolute Gasteiger partial charge is 0.303 e. The van der Waals surface area contributed by atoms with E-state index in [1.165, 1.54) is 11.7 Å². The summed E-state index contributed by atoms with van der Waals surface area (Å²) in [7, 11) is 1.54. The number of aromatic nitrogens is 2. The van der Waals surface area contributed by atoms with Gasteiger partial charge in [-0.2, -0.15) is 0 Å². The lowest BCUT2D eigenvalue weighted by Gasteiger charge is -2.08. The number of ether oxygens (including phenoxy) is 1. The normalized spacial score (nSPS) is 10.7. The largest absolute Gasteiger partial charge is 0.497 e. The van der Waals surface area contributed by atoms with Crippen LogP contribution in [0.5, 0.6) is 5.75 Å². The number of carboxylic acid groups (broad SMARTS) is 1. The van der Waals surface area contributed by atoms with Gasteiger partial charge in [0.05, 0.1) is 18.0 Å². The third-order valence-electron chi connectivity index (χ3n) is 3.21. The van der Waals surface area contributed by atoms with Crippen LogP contribution in [0.1, 0.15) is 19.3 Å². The van der Waals surface area contributed by atoms with Crippen LogP contribution in [0.4, 0.5) is 0 Å². The molecule has 0 aliphatic carbocycles. The Bertz CT molecular complexity index is 779. The molecule has 0 fully saturated rings. The second kappa shape index (κ2) is 6.53. The Labute approximate surface area is 126 Å². The van der Waals surface area contributed by atoms with Crippen LogP contribution in [0, 0.1) is 4.77 Å². The molecule has 0 saturated carbocycles. The quantitative estimate of drug-likeness (QED) is 0.632. The van der Waals surface area contributed by atoms with E-state index >= 15 is 0 Å². The molecule has 0 aliphatic rings. The molecule has 7 heteroatoms. The molecule has 1 aromatic heterocycles. The first-order chi connectivity index (χ1) is 10.0. The second-order valence-electron chi connectivity index (χ2n) is 4.65. The summed E-state index contributed by atoms with van der Waals surface area (Å²) in [5.74, 6) is -0.238. The van der Waals surface area contributed by atoms with E-state index in [4.69, 9.17) is 22.1 Å². The summed E-state index contributed by atoms with van der Waals surface area (Å²) in [4.78, 5) is 25.9. The van der Waals surface area contributed by atoms with Crippen LogP contribution in [-0.2, 0) is 11.3 Å². The molecule has 0 radical (unpaired) electrons. The number of hydrogen-bond acceptors (Lipinski definition) is 4. The number of aromatic amines is 1. The fourth-order valence-electron chi connectivity index (χ4n) is 2.11. The van der Waals surface area contributed by atoms with E-state index < -0.39 is 5.97 Å². The van der Waals surface area contributed by atoms with Crippen molar-refractivity contribution >= 4 is 29.1 Å².